The summed E-state index contributed by atoms with van der Waals surface area (Å²) in [6.45, 7) is 1.96. The van der Waals surface area contributed by atoms with Crippen molar-refractivity contribution in [3.63, 3.8) is 0 Å². The van der Waals surface area contributed by atoms with E-state index >= 15 is 0 Å². The lowest BCUT2D eigenvalue weighted by Gasteiger charge is -2.12. The predicted molar refractivity (Wildman–Crippen MR) is 58.7 cm³/mol. The topological polar surface area (TPSA) is 58.3 Å². The molecule has 0 radical (unpaired) electrons. The molecule has 5 heteroatoms. The summed E-state index contributed by atoms with van der Waals surface area (Å²) in [4.78, 5) is 0. The molecule has 1 aromatic carbocycles. The van der Waals surface area contributed by atoms with Crippen molar-refractivity contribution in [2.24, 2.45) is 0 Å². The van der Waals surface area contributed by atoms with Crippen LogP contribution in [-0.4, -0.2) is 17.8 Å². The van der Waals surface area contributed by atoms with Crippen LogP contribution in [0.2, 0.25) is 0 Å². The summed E-state index contributed by atoms with van der Waals surface area (Å²) in [6, 6.07) is 2.76. The summed E-state index contributed by atoms with van der Waals surface area (Å²) >= 11 is 3.08. The van der Waals surface area contributed by atoms with Crippen LogP contribution in [0.1, 0.15) is 6.92 Å². The standard InChI is InChI=1S/C9H12BrFN2O/c1-5(14)4-13-9-7(12)3-2-6(11)8(9)10/h2-3,5,13-14H,4,12H2,1H3/t5-/m1/s1. The van der Waals surface area contributed by atoms with Crippen LogP contribution < -0.4 is 11.1 Å². The van der Waals surface area contributed by atoms with Gasteiger partial charge in [-0.25, -0.2) is 4.39 Å². The van der Waals surface area contributed by atoms with Crippen LogP contribution in [-0.2, 0) is 0 Å². The van der Waals surface area contributed by atoms with E-state index in [1.807, 2.05) is 0 Å². The molecule has 0 heterocycles. The summed E-state index contributed by atoms with van der Waals surface area (Å²) in [5.41, 5.74) is 6.56. The molecule has 0 aliphatic carbocycles. The van der Waals surface area contributed by atoms with Gasteiger partial charge in [0.15, 0.2) is 0 Å². The third-order valence-corrected chi connectivity index (χ3v) is 2.48. The van der Waals surface area contributed by atoms with Gasteiger partial charge in [-0.3, -0.25) is 0 Å². The molecular formula is C9H12BrFN2O. The number of benzene rings is 1. The minimum Gasteiger partial charge on any atom is -0.397 e. The summed E-state index contributed by atoms with van der Waals surface area (Å²) in [5.74, 6) is -0.382. The van der Waals surface area contributed by atoms with Crippen molar-refractivity contribution in [1.29, 1.82) is 0 Å². The molecule has 14 heavy (non-hydrogen) atoms. The van der Waals surface area contributed by atoms with E-state index in [1.165, 1.54) is 12.1 Å². The van der Waals surface area contributed by atoms with Crippen molar-refractivity contribution in [3.8, 4) is 0 Å². The Hall–Kier alpha value is -0.810. The molecule has 0 spiro atoms. The SMILES string of the molecule is C[C@@H](O)CNc1c(N)ccc(F)c1Br. The fourth-order valence-corrected chi connectivity index (χ4v) is 1.50. The Bertz CT molecular complexity index is 331. The highest BCUT2D eigenvalue weighted by atomic mass is 79.9. The lowest BCUT2D eigenvalue weighted by Crippen LogP contribution is -2.16. The van der Waals surface area contributed by atoms with Crippen molar-refractivity contribution >= 4 is 27.3 Å². The van der Waals surface area contributed by atoms with Gasteiger partial charge in [0.25, 0.3) is 0 Å². The number of nitrogens with one attached hydrogen (secondary N) is 1. The zero-order valence-corrected chi connectivity index (χ0v) is 9.31. The number of anilines is 2. The highest BCUT2D eigenvalue weighted by Crippen LogP contribution is 2.30. The number of hydrogen-bond acceptors (Lipinski definition) is 3. The lowest BCUT2D eigenvalue weighted by molar-refractivity contribution is 0.208. The fraction of sp³-hybridized carbons (Fsp3) is 0.333. The van der Waals surface area contributed by atoms with E-state index in [-0.39, 0.29) is 10.3 Å². The summed E-state index contributed by atoms with van der Waals surface area (Å²) in [7, 11) is 0. The maximum absolute atomic E-state index is 13.1. The molecule has 1 rings (SSSR count). The minimum atomic E-state index is -0.510. The molecule has 0 amide bonds. The summed E-state index contributed by atoms with van der Waals surface area (Å²) in [5, 5.41) is 11.9. The Morgan fingerprint density at radius 1 is 1.64 bits per heavy atom. The van der Waals surface area contributed by atoms with Crippen LogP contribution in [0.3, 0.4) is 0 Å². The quantitative estimate of drug-likeness (QED) is 0.730. The zero-order valence-electron chi connectivity index (χ0n) is 7.72. The lowest BCUT2D eigenvalue weighted by atomic mass is 10.2. The zero-order chi connectivity index (χ0) is 10.7. The van der Waals surface area contributed by atoms with Crippen molar-refractivity contribution in [3.05, 3.63) is 22.4 Å². The molecule has 0 bridgehead atoms. The predicted octanol–water partition coefficient (Wildman–Crippen LogP) is 1.96. The number of nitrogen functional groups attached to an aromatic ring is 1. The summed E-state index contributed by atoms with van der Waals surface area (Å²) < 4.78 is 13.4. The first-order valence-electron chi connectivity index (χ1n) is 4.17. The third-order valence-electron chi connectivity index (χ3n) is 1.70. The van der Waals surface area contributed by atoms with E-state index in [9.17, 15) is 4.39 Å². The van der Waals surface area contributed by atoms with Gasteiger partial charge in [0.2, 0.25) is 0 Å². The minimum absolute atomic E-state index is 0.290. The second-order valence-corrected chi connectivity index (χ2v) is 3.85. The molecule has 1 atom stereocenters. The van der Waals surface area contributed by atoms with Crippen LogP contribution in [0.5, 0.6) is 0 Å². The molecule has 0 fully saturated rings. The highest BCUT2D eigenvalue weighted by molar-refractivity contribution is 9.10. The monoisotopic (exact) mass is 262 g/mol. The molecule has 0 saturated carbocycles. The Morgan fingerprint density at radius 3 is 2.86 bits per heavy atom. The van der Waals surface area contributed by atoms with E-state index in [4.69, 9.17) is 10.8 Å². The number of nitrogens with two attached hydrogens (primary N) is 1. The average Bonchev–Trinajstić information content (AvgIpc) is 2.11. The van der Waals surface area contributed by atoms with Crippen LogP contribution in [0.15, 0.2) is 16.6 Å². The van der Waals surface area contributed by atoms with Crippen LogP contribution >= 0.6 is 15.9 Å². The smallest absolute Gasteiger partial charge is 0.139 e. The van der Waals surface area contributed by atoms with Gasteiger partial charge >= 0.3 is 0 Å². The number of aliphatic hydroxyl groups is 1. The normalized spacial score (nSPS) is 12.6. The molecule has 3 nitrogen and oxygen atoms in total. The largest absolute Gasteiger partial charge is 0.397 e. The second kappa shape index (κ2) is 4.61. The van der Waals surface area contributed by atoms with Crippen LogP contribution in [0.4, 0.5) is 15.8 Å². The fourth-order valence-electron chi connectivity index (χ4n) is 0.995. The van der Waals surface area contributed by atoms with Crippen molar-refractivity contribution in [2.75, 3.05) is 17.6 Å². The highest BCUT2D eigenvalue weighted by Gasteiger charge is 2.09. The molecule has 0 aliphatic heterocycles. The van der Waals surface area contributed by atoms with Gasteiger partial charge < -0.3 is 16.2 Å². The van der Waals surface area contributed by atoms with Gasteiger partial charge in [0, 0.05) is 6.54 Å². The van der Waals surface area contributed by atoms with E-state index in [0.717, 1.165) is 0 Å². The molecule has 0 unspecified atom stereocenters. The van der Waals surface area contributed by atoms with E-state index in [0.29, 0.717) is 17.9 Å². The molecule has 1 aromatic rings. The molecule has 4 N–H and O–H groups in total. The Morgan fingerprint density at radius 2 is 2.29 bits per heavy atom. The Balaban J connectivity index is 2.89. The van der Waals surface area contributed by atoms with Gasteiger partial charge in [-0.15, -0.1) is 0 Å². The number of hydrogen-bond donors (Lipinski definition) is 3. The molecule has 0 aromatic heterocycles. The van der Waals surface area contributed by atoms with Crippen molar-refractivity contribution in [1.82, 2.24) is 0 Å². The number of aliphatic hydroxyl groups excluding tert-OH is 1. The molecular weight excluding hydrogens is 251 g/mol. The van der Waals surface area contributed by atoms with Gasteiger partial charge in [-0.05, 0) is 35.0 Å². The number of rotatable bonds is 3. The molecule has 0 aliphatic rings. The Labute approximate surface area is 90.2 Å². The van der Waals surface area contributed by atoms with Crippen molar-refractivity contribution in [2.45, 2.75) is 13.0 Å². The molecule has 0 saturated heterocycles. The first kappa shape index (κ1) is 11.3. The van der Waals surface area contributed by atoms with Crippen molar-refractivity contribution < 1.29 is 9.50 Å². The average molecular weight is 263 g/mol. The van der Waals surface area contributed by atoms with E-state index in [2.05, 4.69) is 21.2 Å². The number of halogens is 2. The second-order valence-electron chi connectivity index (χ2n) is 3.06. The molecule has 78 valence electrons. The maximum Gasteiger partial charge on any atom is 0.139 e. The maximum atomic E-state index is 13.1. The first-order valence-corrected chi connectivity index (χ1v) is 4.97. The van der Waals surface area contributed by atoms with E-state index in [1.54, 1.807) is 6.92 Å². The van der Waals surface area contributed by atoms with Gasteiger partial charge in [0.1, 0.15) is 5.82 Å². The van der Waals surface area contributed by atoms with Crippen LogP contribution in [0, 0.1) is 5.82 Å². The van der Waals surface area contributed by atoms with Gasteiger partial charge in [-0.1, -0.05) is 0 Å². The first-order chi connectivity index (χ1) is 6.52. The van der Waals surface area contributed by atoms with Gasteiger partial charge in [0.05, 0.1) is 22.0 Å². The van der Waals surface area contributed by atoms with E-state index < -0.39 is 6.10 Å². The summed E-state index contributed by atoms with van der Waals surface area (Å²) in [6.07, 6.45) is -0.510. The van der Waals surface area contributed by atoms with Crippen LogP contribution in [0.25, 0.3) is 0 Å². The Kier molecular flexibility index (Phi) is 3.71. The van der Waals surface area contributed by atoms with Gasteiger partial charge in [-0.2, -0.15) is 0 Å². The third kappa shape index (κ3) is 2.59.